The van der Waals surface area contributed by atoms with Crippen molar-refractivity contribution in [1.29, 1.82) is 0 Å². The van der Waals surface area contributed by atoms with Gasteiger partial charge in [-0.2, -0.15) is 18.2 Å². The molecule has 1 N–H and O–H groups in total. The van der Waals surface area contributed by atoms with Gasteiger partial charge in [-0.15, -0.1) is 11.8 Å². The van der Waals surface area contributed by atoms with Crippen LogP contribution in [0.2, 0.25) is 0 Å². The van der Waals surface area contributed by atoms with Gasteiger partial charge < -0.3 is 9.84 Å². The molecule has 1 atom stereocenters. The Morgan fingerprint density at radius 3 is 2.57 bits per heavy atom. The van der Waals surface area contributed by atoms with E-state index in [2.05, 4.69) is 20.0 Å². The molecule has 4 nitrogen and oxygen atoms in total. The molecule has 2 heterocycles. The van der Waals surface area contributed by atoms with Crippen LogP contribution in [-0.4, -0.2) is 28.5 Å². The molecule has 2 aromatic rings. The Balaban J connectivity index is 1.73. The number of halogens is 3. The third-order valence-corrected chi connectivity index (χ3v) is 4.38. The minimum absolute atomic E-state index is 0.0543. The van der Waals surface area contributed by atoms with Crippen molar-refractivity contribution in [3.8, 4) is 11.4 Å². The molecule has 0 unspecified atom stereocenters. The van der Waals surface area contributed by atoms with Crippen molar-refractivity contribution < 1.29 is 17.7 Å². The maximum atomic E-state index is 12.4. The van der Waals surface area contributed by atoms with E-state index in [4.69, 9.17) is 0 Å². The highest BCUT2D eigenvalue weighted by Gasteiger charge is 2.38. The summed E-state index contributed by atoms with van der Waals surface area (Å²) < 4.78 is 41.4. The molecule has 3 rings (SSSR count). The van der Waals surface area contributed by atoms with Crippen LogP contribution < -0.4 is 5.32 Å². The second kappa shape index (κ2) is 5.69. The molecule has 0 bridgehead atoms. The summed E-state index contributed by atoms with van der Waals surface area (Å²) in [5.74, 6) is -1.38. The summed E-state index contributed by atoms with van der Waals surface area (Å²) in [6, 6.07) is 7.13. The Morgan fingerprint density at radius 1 is 1.24 bits per heavy atom. The van der Waals surface area contributed by atoms with Gasteiger partial charge in [-0.05, 0) is 37.2 Å². The Bertz CT molecular complexity index is 606. The normalized spacial score (nSPS) is 19.1. The van der Waals surface area contributed by atoms with Gasteiger partial charge in [0.05, 0.1) is 0 Å². The lowest BCUT2D eigenvalue weighted by molar-refractivity contribution is -0.159. The van der Waals surface area contributed by atoms with Crippen LogP contribution in [-0.2, 0) is 6.18 Å². The van der Waals surface area contributed by atoms with E-state index >= 15 is 0 Å². The number of hydrogen-bond donors (Lipinski definition) is 1. The van der Waals surface area contributed by atoms with E-state index in [1.54, 1.807) is 23.9 Å². The largest absolute Gasteiger partial charge is 0.471 e. The lowest BCUT2D eigenvalue weighted by atomic mass is 10.2. The van der Waals surface area contributed by atoms with Crippen LogP contribution in [0.15, 0.2) is 33.7 Å². The van der Waals surface area contributed by atoms with E-state index in [0.29, 0.717) is 10.8 Å². The average Bonchev–Trinajstić information content (AvgIpc) is 3.09. The molecule has 8 heteroatoms. The number of alkyl halides is 3. The summed E-state index contributed by atoms with van der Waals surface area (Å²) in [6.07, 6.45) is -3.50. The molecule has 0 radical (unpaired) electrons. The Hall–Kier alpha value is -1.54. The molecule has 0 spiro atoms. The number of benzene rings is 1. The molecule has 1 aliphatic heterocycles. The zero-order valence-corrected chi connectivity index (χ0v) is 11.7. The van der Waals surface area contributed by atoms with Crippen molar-refractivity contribution in [2.45, 2.75) is 22.7 Å². The molecular weight excluding hydrogens is 303 g/mol. The molecule has 1 fully saturated rings. The van der Waals surface area contributed by atoms with Gasteiger partial charge >= 0.3 is 12.1 Å². The predicted octanol–water partition coefficient (Wildman–Crippen LogP) is 3.21. The van der Waals surface area contributed by atoms with Crippen LogP contribution in [0.25, 0.3) is 11.4 Å². The van der Waals surface area contributed by atoms with Crippen molar-refractivity contribution in [1.82, 2.24) is 15.5 Å². The summed E-state index contributed by atoms with van der Waals surface area (Å²) in [5, 5.41) is 7.19. The van der Waals surface area contributed by atoms with Crippen molar-refractivity contribution in [3.63, 3.8) is 0 Å². The fraction of sp³-hybridized carbons (Fsp3) is 0.385. The van der Waals surface area contributed by atoms with Gasteiger partial charge in [-0.25, -0.2) is 0 Å². The van der Waals surface area contributed by atoms with E-state index in [0.717, 1.165) is 24.4 Å². The van der Waals surface area contributed by atoms with E-state index in [1.165, 1.54) is 0 Å². The highest BCUT2D eigenvalue weighted by atomic mass is 32.2. The van der Waals surface area contributed by atoms with Crippen LogP contribution in [0.3, 0.4) is 0 Å². The van der Waals surface area contributed by atoms with Crippen molar-refractivity contribution >= 4 is 11.8 Å². The molecule has 21 heavy (non-hydrogen) atoms. The van der Waals surface area contributed by atoms with Crippen LogP contribution in [0.1, 0.15) is 12.3 Å². The average molecular weight is 315 g/mol. The number of thioether (sulfide) groups is 1. The fourth-order valence-corrected chi connectivity index (χ4v) is 3.17. The second-order valence-electron chi connectivity index (χ2n) is 4.68. The topological polar surface area (TPSA) is 51.0 Å². The van der Waals surface area contributed by atoms with Gasteiger partial charge in [-0.3, -0.25) is 0 Å². The SMILES string of the molecule is FC(F)(F)c1nc(-c2ccc(S[C@@H]3CCNC3)cc2)no1. The fourth-order valence-electron chi connectivity index (χ4n) is 2.06. The second-order valence-corrected chi connectivity index (χ2v) is 6.05. The maximum Gasteiger partial charge on any atom is 0.471 e. The van der Waals surface area contributed by atoms with E-state index in [9.17, 15) is 13.2 Å². The zero-order valence-electron chi connectivity index (χ0n) is 10.9. The molecule has 1 aromatic heterocycles. The Morgan fingerprint density at radius 2 is 2.00 bits per heavy atom. The van der Waals surface area contributed by atoms with E-state index < -0.39 is 12.1 Å². The van der Waals surface area contributed by atoms with Crippen LogP contribution in [0.4, 0.5) is 13.2 Å². The molecule has 1 aliphatic rings. The number of rotatable bonds is 3. The van der Waals surface area contributed by atoms with Crippen molar-refractivity contribution in [2.24, 2.45) is 0 Å². The smallest absolute Gasteiger partial charge is 0.329 e. The third kappa shape index (κ3) is 3.38. The summed E-state index contributed by atoms with van der Waals surface area (Å²) in [5.41, 5.74) is 0.503. The first-order valence-corrected chi connectivity index (χ1v) is 7.29. The van der Waals surface area contributed by atoms with E-state index in [1.807, 2.05) is 12.1 Å². The predicted molar refractivity (Wildman–Crippen MR) is 71.9 cm³/mol. The van der Waals surface area contributed by atoms with Crippen molar-refractivity contribution in [3.05, 3.63) is 30.2 Å². The summed E-state index contributed by atoms with van der Waals surface area (Å²) in [7, 11) is 0. The maximum absolute atomic E-state index is 12.4. The molecule has 1 saturated heterocycles. The first-order chi connectivity index (χ1) is 10.0. The van der Waals surface area contributed by atoms with Gasteiger partial charge in [0.25, 0.3) is 0 Å². The zero-order chi connectivity index (χ0) is 14.9. The van der Waals surface area contributed by atoms with Crippen LogP contribution >= 0.6 is 11.8 Å². The molecular formula is C13H12F3N3OS. The molecule has 0 aliphatic carbocycles. The van der Waals surface area contributed by atoms with Gasteiger partial charge in [-0.1, -0.05) is 5.16 Å². The highest BCUT2D eigenvalue weighted by Crippen LogP contribution is 2.31. The van der Waals surface area contributed by atoms with Crippen LogP contribution in [0.5, 0.6) is 0 Å². The number of hydrogen-bond acceptors (Lipinski definition) is 5. The van der Waals surface area contributed by atoms with Crippen molar-refractivity contribution in [2.75, 3.05) is 13.1 Å². The summed E-state index contributed by atoms with van der Waals surface area (Å²) in [4.78, 5) is 4.44. The third-order valence-electron chi connectivity index (χ3n) is 3.10. The van der Waals surface area contributed by atoms with Gasteiger partial charge in [0.2, 0.25) is 5.82 Å². The number of nitrogens with one attached hydrogen (secondary N) is 1. The molecule has 0 amide bonds. The highest BCUT2D eigenvalue weighted by molar-refractivity contribution is 8.00. The molecule has 0 saturated carbocycles. The molecule has 1 aromatic carbocycles. The minimum Gasteiger partial charge on any atom is -0.329 e. The van der Waals surface area contributed by atoms with E-state index in [-0.39, 0.29) is 5.82 Å². The molecule has 112 valence electrons. The minimum atomic E-state index is -4.61. The number of nitrogens with zero attached hydrogens (tertiary/aromatic N) is 2. The van der Waals surface area contributed by atoms with Gasteiger partial charge in [0, 0.05) is 22.3 Å². The lowest BCUT2D eigenvalue weighted by Gasteiger charge is -2.07. The first-order valence-electron chi connectivity index (χ1n) is 6.41. The quantitative estimate of drug-likeness (QED) is 0.942. The van der Waals surface area contributed by atoms with Gasteiger partial charge in [0.15, 0.2) is 0 Å². The van der Waals surface area contributed by atoms with Gasteiger partial charge in [0.1, 0.15) is 0 Å². The van der Waals surface area contributed by atoms with Crippen LogP contribution in [0, 0.1) is 0 Å². The summed E-state index contributed by atoms with van der Waals surface area (Å²) in [6.45, 7) is 2.00. The monoisotopic (exact) mass is 315 g/mol. The Labute approximate surface area is 123 Å². The summed E-state index contributed by atoms with van der Waals surface area (Å²) >= 11 is 1.76. The first kappa shape index (κ1) is 14.4. The standard InChI is InChI=1S/C13H12F3N3OS/c14-13(15,16)12-18-11(19-20-12)8-1-3-9(4-2-8)21-10-5-6-17-7-10/h1-4,10,17H,5-7H2/t10-/m1/s1. The number of aromatic nitrogens is 2. The Kier molecular flexibility index (Phi) is 3.90. The lowest BCUT2D eigenvalue weighted by Crippen LogP contribution is -2.09.